The monoisotopic (exact) mass is 419 g/mol. The van der Waals surface area contributed by atoms with Crippen LogP contribution in [0.25, 0.3) is 22.8 Å². The molecule has 4 rings (SSSR count). The fourth-order valence-electron chi connectivity index (χ4n) is 3.05. The van der Waals surface area contributed by atoms with Gasteiger partial charge in [-0.15, -0.1) is 0 Å². The highest BCUT2D eigenvalue weighted by molar-refractivity contribution is 6.08. The van der Waals surface area contributed by atoms with Crippen molar-refractivity contribution in [3.63, 3.8) is 0 Å². The molecule has 31 heavy (non-hydrogen) atoms. The summed E-state index contributed by atoms with van der Waals surface area (Å²) in [5.74, 6) is 0.555. The van der Waals surface area contributed by atoms with E-state index in [9.17, 15) is 9.18 Å². The van der Waals surface area contributed by atoms with E-state index in [-0.39, 0.29) is 17.1 Å². The van der Waals surface area contributed by atoms with Crippen molar-refractivity contribution < 1.29 is 23.2 Å². The number of halogens is 1. The second-order valence-corrected chi connectivity index (χ2v) is 6.47. The number of rotatable bonds is 6. The van der Waals surface area contributed by atoms with Crippen molar-refractivity contribution in [2.75, 3.05) is 19.5 Å². The van der Waals surface area contributed by atoms with Gasteiger partial charge in [0, 0.05) is 5.56 Å². The molecule has 7 nitrogen and oxygen atoms in total. The minimum absolute atomic E-state index is 0.0823. The van der Waals surface area contributed by atoms with Crippen LogP contribution < -0.4 is 14.8 Å². The highest BCUT2D eigenvalue weighted by atomic mass is 19.1. The first kappa shape index (κ1) is 20.1. The maximum Gasteiger partial charge on any atom is 0.259 e. The van der Waals surface area contributed by atoms with Crippen molar-refractivity contribution in [3.05, 3.63) is 78.1 Å². The minimum atomic E-state index is -0.526. The number of para-hydroxylation sites is 1. The predicted molar refractivity (Wildman–Crippen MR) is 113 cm³/mol. The van der Waals surface area contributed by atoms with Gasteiger partial charge in [0.1, 0.15) is 5.82 Å². The number of hydrogen-bond acceptors (Lipinski definition) is 6. The molecular formula is C23H18FN3O4. The first-order valence-corrected chi connectivity index (χ1v) is 9.32. The Hall–Kier alpha value is -4.20. The summed E-state index contributed by atoms with van der Waals surface area (Å²) in [4.78, 5) is 17.2. The van der Waals surface area contributed by atoms with Gasteiger partial charge in [-0.1, -0.05) is 29.4 Å². The molecule has 1 heterocycles. The molecule has 0 aliphatic carbocycles. The van der Waals surface area contributed by atoms with E-state index in [1.807, 2.05) is 0 Å². The van der Waals surface area contributed by atoms with Crippen LogP contribution in [0, 0.1) is 5.82 Å². The number of ether oxygens (including phenoxy) is 2. The molecule has 0 saturated heterocycles. The summed E-state index contributed by atoms with van der Waals surface area (Å²) in [5, 5.41) is 6.59. The van der Waals surface area contributed by atoms with E-state index >= 15 is 0 Å². The molecule has 4 aromatic rings. The van der Waals surface area contributed by atoms with Crippen LogP contribution in [0.15, 0.2) is 71.3 Å². The fourth-order valence-corrected chi connectivity index (χ4v) is 3.05. The van der Waals surface area contributed by atoms with Crippen LogP contribution in [-0.4, -0.2) is 30.3 Å². The van der Waals surface area contributed by atoms with E-state index in [1.54, 1.807) is 61.7 Å². The van der Waals surface area contributed by atoms with Gasteiger partial charge in [-0.25, -0.2) is 4.39 Å². The third-order valence-electron chi connectivity index (χ3n) is 4.59. The largest absolute Gasteiger partial charge is 0.493 e. The molecule has 0 aliphatic rings. The van der Waals surface area contributed by atoms with Gasteiger partial charge in [-0.05, 0) is 42.5 Å². The zero-order chi connectivity index (χ0) is 21.8. The maximum absolute atomic E-state index is 13.9. The summed E-state index contributed by atoms with van der Waals surface area (Å²) in [5.41, 5.74) is 1.43. The fraction of sp³-hybridized carbons (Fsp3) is 0.0870. The van der Waals surface area contributed by atoms with Crippen LogP contribution >= 0.6 is 0 Å². The van der Waals surface area contributed by atoms with E-state index in [4.69, 9.17) is 14.0 Å². The number of anilines is 1. The summed E-state index contributed by atoms with van der Waals surface area (Å²) in [6, 6.07) is 17.9. The van der Waals surface area contributed by atoms with Crippen LogP contribution in [-0.2, 0) is 0 Å². The predicted octanol–water partition coefficient (Wildman–Crippen LogP) is 4.81. The number of aromatic nitrogens is 2. The van der Waals surface area contributed by atoms with Crippen molar-refractivity contribution in [3.8, 4) is 34.3 Å². The Morgan fingerprint density at radius 3 is 2.48 bits per heavy atom. The van der Waals surface area contributed by atoms with Crippen LogP contribution in [0.3, 0.4) is 0 Å². The Kier molecular flexibility index (Phi) is 5.61. The zero-order valence-electron chi connectivity index (χ0n) is 16.8. The molecule has 0 unspecified atom stereocenters. The van der Waals surface area contributed by atoms with Crippen LogP contribution in [0.2, 0.25) is 0 Å². The van der Waals surface area contributed by atoms with Gasteiger partial charge in [0.2, 0.25) is 5.82 Å². The number of nitrogens with zero attached hydrogens (tertiary/aromatic N) is 2. The maximum atomic E-state index is 13.9. The lowest BCUT2D eigenvalue weighted by Crippen LogP contribution is -2.14. The zero-order valence-corrected chi connectivity index (χ0v) is 16.8. The minimum Gasteiger partial charge on any atom is -0.493 e. The second kappa shape index (κ2) is 8.66. The number of nitrogens with one attached hydrogen (secondary N) is 1. The first-order valence-electron chi connectivity index (χ1n) is 9.32. The molecule has 1 amide bonds. The standard InChI is InChI=1S/C23H18FN3O4/c1-29-19-12-11-14(13-20(19)30-2)21-26-23(31-27-21)16-8-4-3-7-15(16)22(28)25-18-10-6-5-9-17(18)24/h3-13H,1-2H3,(H,25,28). The van der Waals surface area contributed by atoms with Crippen molar-refractivity contribution in [1.82, 2.24) is 10.1 Å². The second-order valence-electron chi connectivity index (χ2n) is 6.47. The molecule has 1 aromatic heterocycles. The van der Waals surface area contributed by atoms with Crippen molar-refractivity contribution in [2.45, 2.75) is 0 Å². The average Bonchev–Trinajstić information content (AvgIpc) is 3.30. The Labute approximate surface area is 177 Å². The number of amides is 1. The van der Waals surface area contributed by atoms with Gasteiger partial charge in [0.05, 0.1) is 31.0 Å². The molecule has 0 aliphatic heterocycles. The number of carbonyl (C=O) groups is 1. The molecule has 156 valence electrons. The van der Waals surface area contributed by atoms with Gasteiger partial charge in [0.25, 0.3) is 11.8 Å². The normalized spacial score (nSPS) is 10.5. The third-order valence-corrected chi connectivity index (χ3v) is 4.59. The molecule has 0 saturated carbocycles. The highest BCUT2D eigenvalue weighted by Crippen LogP contribution is 2.32. The van der Waals surface area contributed by atoms with E-state index in [0.717, 1.165) is 0 Å². The van der Waals surface area contributed by atoms with Gasteiger partial charge in [-0.2, -0.15) is 4.98 Å². The van der Waals surface area contributed by atoms with Crippen molar-refractivity contribution in [1.29, 1.82) is 0 Å². The van der Waals surface area contributed by atoms with E-state index in [1.165, 1.54) is 19.2 Å². The van der Waals surface area contributed by atoms with Gasteiger partial charge < -0.3 is 19.3 Å². The number of benzene rings is 3. The Bertz CT molecular complexity index is 1240. The van der Waals surface area contributed by atoms with E-state index in [2.05, 4.69) is 15.5 Å². The van der Waals surface area contributed by atoms with Crippen molar-refractivity contribution >= 4 is 11.6 Å². The average molecular weight is 419 g/mol. The number of methoxy groups -OCH3 is 2. The van der Waals surface area contributed by atoms with Crippen LogP contribution in [0.4, 0.5) is 10.1 Å². The molecular weight excluding hydrogens is 401 g/mol. The lowest BCUT2D eigenvalue weighted by molar-refractivity contribution is 0.102. The quantitative estimate of drug-likeness (QED) is 0.483. The lowest BCUT2D eigenvalue weighted by atomic mass is 10.1. The van der Waals surface area contributed by atoms with E-state index in [0.29, 0.717) is 28.5 Å². The molecule has 0 radical (unpaired) electrons. The molecule has 3 aromatic carbocycles. The summed E-state index contributed by atoms with van der Waals surface area (Å²) < 4.78 is 29.9. The van der Waals surface area contributed by atoms with Crippen molar-refractivity contribution in [2.24, 2.45) is 0 Å². The summed E-state index contributed by atoms with van der Waals surface area (Å²) >= 11 is 0. The summed E-state index contributed by atoms with van der Waals surface area (Å²) in [7, 11) is 3.08. The molecule has 8 heteroatoms. The first-order chi connectivity index (χ1) is 15.1. The topological polar surface area (TPSA) is 86.5 Å². The van der Waals surface area contributed by atoms with E-state index < -0.39 is 11.7 Å². The van der Waals surface area contributed by atoms with Gasteiger partial charge in [-0.3, -0.25) is 4.79 Å². The molecule has 0 spiro atoms. The Morgan fingerprint density at radius 1 is 0.968 bits per heavy atom. The molecule has 0 fully saturated rings. The number of carbonyl (C=O) groups excluding carboxylic acids is 1. The summed E-state index contributed by atoms with van der Waals surface area (Å²) in [6.45, 7) is 0. The molecule has 1 N–H and O–H groups in total. The van der Waals surface area contributed by atoms with Crippen LogP contribution in [0.5, 0.6) is 11.5 Å². The smallest absolute Gasteiger partial charge is 0.259 e. The van der Waals surface area contributed by atoms with Crippen LogP contribution in [0.1, 0.15) is 10.4 Å². The summed E-state index contributed by atoms with van der Waals surface area (Å²) in [6.07, 6.45) is 0. The lowest BCUT2D eigenvalue weighted by Gasteiger charge is -2.08. The highest BCUT2D eigenvalue weighted by Gasteiger charge is 2.19. The number of hydrogen-bond donors (Lipinski definition) is 1. The molecule has 0 bridgehead atoms. The van der Waals surface area contributed by atoms with Gasteiger partial charge in [0.15, 0.2) is 11.5 Å². The SMILES string of the molecule is COc1ccc(-c2noc(-c3ccccc3C(=O)Nc3ccccc3F)n2)cc1OC. The van der Waals surface area contributed by atoms with Gasteiger partial charge >= 0.3 is 0 Å². The Balaban J connectivity index is 1.66. The third kappa shape index (κ3) is 4.09. The molecule has 0 atom stereocenters. The Morgan fingerprint density at radius 2 is 1.71 bits per heavy atom.